The maximum Gasteiger partial charge on any atom is 0.429 e. The molecule has 254 valence electrons. The summed E-state index contributed by atoms with van der Waals surface area (Å²) in [5.41, 5.74) is 7.85. The van der Waals surface area contributed by atoms with Crippen molar-refractivity contribution in [3.8, 4) is 22.7 Å². The fourth-order valence-electron chi connectivity index (χ4n) is 6.46. The lowest BCUT2D eigenvalue weighted by atomic mass is 9.76. The second-order valence-electron chi connectivity index (χ2n) is 12.5. The third-order valence-corrected chi connectivity index (χ3v) is 9.11. The van der Waals surface area contributed by atoms with Gasteiger partial charge in [0.25, 0.3) is 0 Å². The second-order valence-corrected chi connectivity index (χ2v) is 12.5. The molecule has 2 fully saturated rings. The molecule has 2 aromatic carbocycles. The van der Waals surface area contributed by atoms with Gasteiger partial charge in [-0.25, -0.2) is 9.07 Å². The van der Waals surface area contributed by atoms with E-state index in [0.29, 0.717) is 60.9 Å². The van der Waals surface area contributed by atoms with Gasteiger partial charge >= 0.3 is 12.1 Å². The van der Waals surface area contributed by atoms with E-state index in [2.05, 4.69) is 20.4 Å². The van der Waals surface area contributed by atoms with Crippen LogP contribution in [-0.2, 0) is 9.53 Å². The van der Waals surface area contributed by atoms with Crippen molar-refractivity contribution in [3.05, 3.63) is 77.4 Å². The highest BCUT2D eigenvalue weighted by Gasteiger charge is 2.46. The van der Waals surface area contributed by atoms with E-state index in [9.17, 15) is 22.4 Å². The van der Waals surface area contributed by atoms with Gasteiger partial charge in [0, 0.05) is 37.5 Å². The number of nitrogen functional groups attached to an aromatic ring is 1. The quantitative estimate of drug-likeness (QED) is 0.176. The number of aryl methyl sites for hydroxylation is 2. The normalized spacial score (nSPS) is 18.2. The number of esters is 1. The first kappa shape index (κ1) is 33.2. The van der Waals surface area contributed by atoms with Crippen LogP contribution in [0.2, 0.25) is 0 Å². The Labute approximate surface area is 275 Å². The van der Waals surface area contributed by atoms with Crippen molar-refractivity contribution in [2.24, 2.45) is 5.41 Å². The SMILES string of the molecule is CCOC(=O)[C@@H]1CC2(CCN(c3cc(O[C@H](c4ccc(-c5ccc(C)c(F)c5)cc4-n4ccc(C)n4)C(F)(F)F)nc(N)n3)CC2)CN1. The Kier molecular flexibility index (Phi) is 9.03. The smallest absolute Gasteiger partial charge is 0.429 e. The first-order valence-corrected chi connectivity index (χ1v) is 15.8. The van der Waals surface area contributed by atoms with E-state index < -0.39 is 18.1 Å². The Balaban J connectivity index is 1.28. The maximum absolute atomic E-state index is 14.8. The molecule has 2 aromatic heterocycles. The lowest BCUT2D eigenvalue weighted by Crippen LogP contribution is -2.41. The molecule has 2 aliphatic rings. The molecule has 3 N–H and O–H groups in total. The summed E-state index contributed by atoms with van der Waals surface area (Å²) in [5.74, 6) is -0.899. The van der Waals surface area contributed by atoms with Gasteiger partial charge in [0.15, 0.2) is 0 Å². The zero-order valence-electron chi connectivity index (χ0n) is 26.9. The fraction of sp³-hybridized carbons (Fsp3) is 0.412. The summed E-state index contributed by atoms with van der Waals surface area (Å²) in [6.07, 6.45) is -3.62. The van der Waals surface area contributed by atoms with Gasteiger partial charge in [0.2, 0.25) is 17.9 Å². The van der Waals surface area contributed by atoms with Crippen molar-refractivity contribution in [1.29, 1.82) is 0 Å². The Bertz CT molecular complexity index is 1800. The minimum absolute atomic E-state index is 0.0923. The van der Waals surface area contributed by atoms with Crippen LogP contribution in [0.5, 0.6) is 5.88 Å². The number of benzene rings is 2. The number of carbonyl (C=O) groups excluding carboxylic acids is 1. The van der Waals surface area contributed by atoms with Crippen LogP contribution in [-0.4, -0.2) is 64.2 Å². The Morgan fingerprint density at radius 3 is 2.48 bits per heavy atom. The summed E-state index contributed by atoms with van der Waals surface area (Å²) >= 11 is 0. The van der Waals surface area contributed by atoms with Crippen molar-refractivity contribution in [3.63, 3.8) is 0 Å². The Morgan fingerprint density at radius 1 is 1.08 bits per heavy atom. The maximum atomic E-state index is 14.8. The van der Waals surface area contributed by atoms with Crippen LogP contribution in [0.15, 0.2) is 54.7 Å². The lowest BCUT2D eigenvalue weighted by molar-refractivity contribution is -0.198. The highest BCUT2D eigenvalue weighted by Crippen LogP contribution is 2.43. The largest absolute Gasteiger partial charge is 0.465 e. The van der Waals surface area contributed by atoms with Crippen molar-refractivity contribution in [2.75, 3.05) is 36.9 Å². The Hall–Kier alpha value is -4.72. The second kappa shape index (κ2) is 13.1. The third-order valence-electron chi connectivity index (χ3n) is 9.11. The predicted molar refractivity (Wildman–Crippen MR) is 171 cm³/mol. The Morgan fingerprint density at radius 2 is 1.81 bits per heavy atom. The molecule has 0 amide bonds. The number of alkyl halides is 3. The minimum atomic E-state index is -4.86. The van der Waals surface area contributed by atoms with Crippen molar-refractivity contribution in [1.82, 2.24) is 25.1 Å². The number of aromatic nitrogens is 4. The van der Waals surface area contributed by atoms with Crippen molar-refractivity contribution < 1.29 is 31.8 Å². The average molecular weight is 668 g/mol. The van der Waals surface area contributed by atoms with Gasteiger partial charge in [0.1, 0.15) is 17.7 Å². The number of hydrogen-bond donors (Lipinski definition) is 2. The van der Waals surface area contributed by atoms with E-state index >= 15 is 0 Å². The standard InChI is InChI=1S/C34H37F4N7O3/c1-4-47-31(46)26-18-33(19-40-26)10-13-44(14-11-33)28-17-29(42-32(39)41-28)48-30(34(36,37)38)24-8-7-23(22-6-5-20(2)25(35)15-22)16-27(24)45-12-9-21(3)43-45/h5-9,12,15-17,26,30,40H,4,10-11,13-14,18-19H2,1-3H3,(H2,39,41,42)/t26-,30+/m0/s1. The van der Waals surface area contributed by atoms with E-state index in [1.807, 2.05) is 4.90 Å². The van der Waals surface area contributed by atoms with Gasteiger partial charge in [-0.2, -0.15) is 28.2 Å². The van der Waals surface area contributed by atoms with Crippen LogP contribution in [0.3, 0.4) is 0 Å². The van der Waals surface area contributed by atoms with E-state index in [4.69, 9.17) is 15.2 Å². The molecule has 0 aliphatic carbocycles. The molecule has 2 atom stereocenters. The molecule has 0 saturated carbocycles. The number of halogens is 4. The molecule has 2 saturated heterocycles. The zero-order valence-corrected chi connectivity index (χ0v) is 26.9. The van der Waals surface area contributed by atoms with Crippen LogP contribution >= 0.6 is 0 Å². The molecule has 0 bridgehead atoms. The number of rotatable bonds is 8. The average Bonchev–Trinajstić information content (AvgIpc) is 3.67. The van der Waals surface area contributed by atoms with E-state index in [-0.39, 0.29) is 40.5 Å². The summed E-state index contributed by atoms with van der Waals surface area (Å²) < 4.78 is 71.1. The molecule has 2 aliphatic heterocycles. The van der Waals surface area contributed by atoms with E-state index in [1.54, 1.807) is 45.2 Å². The van der Waals surface area contributed by atoms with Gasteiger partial charge in [-0.15, -0.1) is 0 Å². The highest BCUT2D eigenvalue weighted by molar-refractivity contribution is 5.76. The number of ether oxygens (including phenoxy) is 2. The van der Waals surface area contributed by atoms with Gasteiger partial charge in [-0.1, -0.05) is 24.3 Å². The molecule has 0 unspecified atom stereocenters. The van der Waals surface area contributed by atoms with Crippen molar-refractivity contribution >= 4 is 17.7 Å². The molecular formula is C34H37F4N7O3. The third kappa shape index (κ3) is 6.93. The van der Waals surface area contributed by atoms with Gasteiger partial charge in [-0.3, -0.25) is 4.79 Å². The molecule has 10 nitrogen and oxygen atoms in total. The number of carbonyl (C=O) groups is 1. The van der Waals surface area contributed by atoms with E-state index in [0.717, 1.165) is 12.8 Å². The number of nitrogens with two attached hydrogens (primary N) is 1. The highest BCUT2D eigenvalue weighted by atomic mass is 19.4. The predicted octanol–water partition coefficient (Wildman–Crippen LogP) is 5.86. The number of piperidine rings is 1. The van der Waals surface area contributed by atoms with Gasteiger partial charge < -0.3 is 25.4 Å². The van der Waals surface area contributed by atoms with E-state index in [1.165, 1.54) is 35.0 Å². The molecule has 48 heavy (non-hydrogen) atoms. The topological polar surface area (TPSA) is 120 Å². The molecule has 4 heterocycles. The lowest BCUT2D eigenvalue weighted by Gasteiger charge is -2.39. The number of nitrogens with zero attached hydrogens (tertiary/aromatic N) is 5. The molecular weight excluding hydrogens is 630 g/mol. The van der Waals surface area contributed by atoms with Crippen molar-refractivity contribution in [2.45, 2.75) is 58.4 Å². The minimum Gasteiger partial charge on any atom is -0.465 e. The molecule has 14 heteroatoms. The summed E-state index contributed by atoms with van der Waals surface area (Å²) in [6, 6.07) is 11.7. The van der Waals surface area contributed by atoms with Crippen LogP contribution in [0.1, 0.15) is 49.1 Å². The summed E-state index contributed by atoms with van der Waals surface area (Å²) in [5, 5.41) is 7.63. The first-order valence-electron chi connectivity index (χ1n) is 15.8. The molecule has 4 aromatic rings. The van der Waals surface area contributed by atoms with Gasteiger partial charge in [-0.05, 0) is 80.3 Å². The van der Waals surface area contributed by atoms with Crippen LogP contribution < -0.4 is 20.7 Å². The summed E-state index contributed by atoms with van der Waals surface area (Å²) in [4.78, 5) is 22.5. The molecule has 6 rings (SSSR count). The first-order chi connectivity index (χ1) is 22.8. The number of anilines is 2. The van der Waals surface area contributed by atoms with Crippen LogP contribution in [0.4, 0.5) is 29.3 Å². The molecule has 1 spiro atoms. The number of hydrogen-bond acceptors (Lipinski definition) is 9. The van der Waals surface area contributed by atoms with Crippen LogP contribution in [0.25, 0.3) is 16.8 Å². The number of nitrogens with one attached hydrogen (secondary N) is 1. The van der Waals surface area contributed by atoms with Crippen LogP contribution in [0, 0.1) is 25.1 Å². The summed E-state index contributed by atoms with van der Waals surface area (Å²) in [7, 11) is 0. The summed E-state index contributed by atoms with van der Waals surface area (Å²) in [6.45, 7) is 7.23. The van der Waals surface area contributed by atoms with Gasteiger partial charge in [0.05, 0.1) is 18.0 Å². The molecule has 0 radical (unpaired) electrons. The monoisotopic (exact) mass is 667 g/mol. The zero-order chi connectivity index (χ0) is 34.2. The fourth-order valence-corrected chi connectivity index (χ4v) is 6.46.